The largest absolute Gasteiger partial charge is 0.481 e. The molecule has 0 aliphatic rings. The monoisotopic (exact) mass is 311 g/mol. The molecule has 0 radical (unpaired) electrons. The fraction of sp³-hybridized carbons (Fsp3) is 0.350. The Kier molecular flexibility index (Phi) is 5.80. The molecule has 3 nitrogen and oxygen atoms in total. The second-order valence-electron chi connectivity index (χ2n) is 5.99. The summed E-state index contributed by atoms with van der Waals surface area (Å²) in [4.78, 5) is 12.4. The van der Waals surface area contributed by atoms with Gasteiger partial charge in [-0.25, -0.2) is 0 Å². The van der Waals surface area contributed by atoms with Crippen LogP contribution >= 0.6 is 0 Å². The van der Waals surface area contributed by atoms with Crippen LogP contribution in [0, 0.1) is 0 Å². The third kappa shape index (κ3) is 4.59. The number of carbonyl (C=O) groups is 1. The van der Waals surface area contributed by atoms with Crippen LogP contribution in [0.3, 0.4) is 0 Å². The molecular weight excluding hydrogens is 286 g/mol. The van der Waals surface area contributed by atoms with Crippen molar-refractivity contribution in [2.75, 3.05) is 5.32 Å². The summed E-state index contributed by atoms with van der Waals surface area (Å²) in [6, 6.07) is 15.7. The molecule has 1 unspecified atom stereocenters. The van der Waals surface area contributed by atoms with Gasteiger partial charge in [0.1, 0.15) is 5.75 Å². The minimum atomic E-state index is -0.553. The van der Waals surface area contributed by atoms with Crippen LogP contribution in [0.15, 0.2) is 48.5 Å². The number of hydrogen-bond acceptors (Lipinski definition) is 2. The van der Waals surface area contributed by atoms with Gasteiger partial charge >= 0.3 is 0 Å². The van der Waals surface area contributed by atoms with Crippen LogP contribution in [0.25, 0.3) is 0 Å². The molecule has 0 heterocycles. The van der Waals surface area contributed by atoms with Gasteiger partial charge in [-0.2, -0.15) is 0 Å². The molecule has 0 fully saturated rings. The molecule has 0 spiro atoms. The van der Waals surface area contributed by atoms with Gasteiger partial charge in [0.25, 0.3) is 5.91 Å². The molecular formula is C20H25NO2. The van der Waals surface area contributed by atoms with Crippen LogP contribution in [0.2, 0.25) is 0 Å². The van der Waals surface area contributed by atoms with E-state index in [4.69, 9.17) is 4.74 Å². The molecule has 2 rings (SSSR count). The van der Waals surface area contributed by atoms with Gasteiger partial charge in [0.15, 0.2) is 6.10 Å². The zero-order valence-corrected chi connectivity index (χ0v) is 14.3. The summed E-state index contributed by atoms with van der Waals surface area (Å²) in [6.07, 6.45) is 0.391. The highest BCUT2D eigenvalue weighted by atomic mass is 16.5. The molecule has 1 amide bonds. The van der Waals surface area contributed by atoms with E-state index in [2.05, 4.69) is 32.2 Å². The minimum Gasteiger partial charge on any atom is -0.481 e. The van der Waals surface area contributed by atoms with Gasteiger partial charge in [-0.3, -0.25) is 4.79 Å². The van der Waals surface area contributed by atoms with Crippen molar-refractivity contribution in [2.24, 2.45) is 0 Å². The predicted octanol–water partition coefficient (Wildman–Crippen LogP) is 4.78. The number of anilines is 1. The van der Waals surface area contributed by atoms with Crippen LogP contribution in [0.1, 0.15) is 44.7 Å². The van der Waals surface area contributed by atoms with Crippen LogP contribution < -0.4 is 10.1 Å². The molecule has 0 aromatic heterocycles. The Balaban J connectivity index is 2.05. The maximum atomic E-state index is 12.4. The normalized spacial score (nSPS) is 12.0. The molecule has 0 aliphatic heterocycles. The van der Waals surface area contributed by atoms with Gasteiger partial charge in [0.05, 0.1) is 0 Å². The number of amides is 1. The second kappa shape index (κ2) is 7.82. The molecule has 0 saturated carbocycles. The van der Waals surface area contributed by atoms with Crippen molar-refractivity contribution < 1.29 is 9.53 Å². The summed E-state index contributed by atoms with van der Waals surface area (Å²) in [5.41, 5.74) is 3.17. The van der Waals surface area contributed by atoms with E-state index in [1.54, 1.807) is 6.92 Å². The Bertz CT molecular complexity index is 664. The topological polar surface area (TPSA) is 38.3 Å². The van der Waals surface area contributed by atoms with E-state index in [0.29, 0.717) is 5.92 Å². The van der Waals surface area contributed by atoms with Gasteiger partial charge in [-0.05, 0) is 48.6 Å². The number of hydrogen-bond donors (Lipinski definition) is 1. The fourth-order valence-electron chi connectivity index (χ4n) is 2.45. The molecule has 2 aromatic rings. The predicted molar refractivity (Wildman–Crippen MR) is 95.1 cm³/mol. The summed E-state index contributed by atoms with van der Waals surface area (Å²) >= 11 is 0. The van der Waals surface area contributed by atoms with Gasteiger partial charge in [0, 0.05) is 5.69 Å². The Labute approximate surface area is 138 Å². The Morgan fingerprint density at radius 3 is 2.52 bits per heavy atom. The van der Waals surface area contributed by atoms with Crippen molar-refractivity contribution in [2.45, 2.75) is 46.1 Å². The minimum absolute atomic E-state index is 0.139. The van der Waals surface area contributed by atoms with E-state index >= 15 is 0 Å². The van der Waals surface area contributed by atoms with E-state index in [1.807, 2.05) is 42.5 Å². The van der Waals surface area contributed by atoms with Crippen molar-refractivity contribution in [1.82, 2.24) is 0 Å². The number of benzene rings is 2. The van der Waals surface area contributed by atoms with Crippen molar-refractivity contribution >= 4 is 11.6 Å². The first-order chi connectivity index (χ1) is 11.0. The third-order valence-electron chi connectivity index (χ3n) is 3.83. The molecule has 2 aromatic carbocycles. The standard InChI is InChI=1S/C20H25NO2/c1-5-16-9-8-10-17(13-16)23-15(4)20(22)21-19-12-7-6-11-18(19)14(2)3/h6-15H,5H2,1-4H3,(H,21,22). The Hall–Kier alpha value is -2.29. The van der Waals surface area contributed by atoms with Gasteiger partial charge in [-0.15, -0.1) is 0 Å². The number of rotatable bonds is 6. The van der Waals surface area contributed by atoms with E-state index in [9.17, 15) is 4.79 Å². The van der Waals surface area contributed by atoms with E-state index in [0.717, 1.165) is 23.4 Å². The van der Waals surface area contributed by atoms with Crippen LogP contribution in [-0.4, -0.2) is 12.0 Å². The first-order valence-corrected chi connectivity index (χ1v) is 8.16. The zero-order valence-electron chi connectivity index (χ0n) is 14.3. The van der Waals surface area contributed by atoms with Crippen molar-refractivity contribution in [1.29, 1.82) is 0 Å². The highest BCUT2D eigenvalue weighted by Crippen LogP contribution is 2.24. The number of ether oxygens (including phenoxy) is 1. The first kappa shape index (κ1) is 17.1. The molecule has 0 saturated heterocycles. The molecule has 0 bridgehead atoms. The maximum Gasteiger partial charge on any atom is 0.265 e. The van der Waals surface area contributed by atoms with Crippen LogP contribution in [-0.2, 0) is 11.2 Å². The fourth-order valence-corrected chi connectivity index (χ4v) is 2.45. The number of aryl methyl sites for hydroxylation is 1. The summed E-state index contributed by atoms with van der Waals surface area (Å²) in [5, 5.41) is 2.98. The SMILES string of the molecule is CCc1cccc(OC(C)C(=O)Nc2ccccc2C(C)C)c1. The van der Waals surface area contributed by atoms with E-state index in [-0.39, 0.29) is 5.91 Å². The average Bonchev–Trinajstić information content (AvgIpc) is 2.55. The number of para-hydroxylation sites is 1. The Morgan fingerprint density at radius 1 is 1.09 bits per heavy atom. The first-order valence-electron chi connectivity index (χ1n) is 8.16. The van der Waals surface area contributed by atoms with Crippen molar-refractivity contribution in [3.05, 3.63) is 59.7 Å². The lowest BCUT2D eigenvalue weighted by atomic mass is 10.0. The lowest BCUT2D eigenvalue weighted by molar-refractivity contribution is -0.122. The highest BCUT2D eigenvalue weighted by Gasteiger charge is 2.17. The molecule has 3 heteroatoms. The maximum absolute atomic E-state index is 12.4. The number of nitrogens with one attached hydrogen (secondary N) is 1. The molecule has 1 N–H and O–H groups in total. The third-order valence-corrected chi connectivity index (χ3v) is 3.83. The molecule has 1 atom stereocenters. The van der Waals surface area contributed by atoms with E-state index in [1.165, 1.54) is 5.56 Å². The molecule has 0 aliphatic carbocycles. The average molecular weight is 311 g/mol. The van der Waals surface area contributed by atoms with Crippen molar-refractivity contribution in [3.8, 4) is 5.75 Å². The Morgan fingerprint density at radius 2 is 1.83 bits per heavy atom. The highest BCUT2D eigenvalue weighted by molar-refractivity contribution is 5.94. The summed E-state index contributed by atoms with van der Waals surface area (Å²) in [7, 11) is 0. The molecule has 122 valence electrons. The van der Waals surface area contributed by atoms with Gasteiger partial charge in [-0.1, -0.05) is 51.1 Å². The summed E-state index contributed by atoms with van der Waals surface area (Å²) in [6.45, 7) is 8.09. The van der Waals surface area contributed by atoms with Gasteiger partial charge in [0.2, 0.25) is 0 Å². The summed E-state index contributed by atoms with van der Waals surface area (Å²) < 4.78 is 5.78. The van der Waals surface area contributed by atoms with Crippen LogP contribution in [0.5, 0.6) is 5.75 Å². The quantitative estimate of drug-likeness (QED) is 0.834. The van der Waals surface area contributed by atoms with Gasteiger partial charge < -0.3 is 10.1 Å². The van der Waals surface area contributed by atoms with Crippen LogP contribution in [0.4, 0.5) is 5.69 Å². The second-order valence-corrected chi connectivity index (χ2v) is 5.99. The summed E-state index contributed by atoms with van der Waals surface area (Å²) in [5.74, 6) is 0.938. The zero-order chi connectivity index (χ0) is 16.8. The van der Waals surface area contributed by atoms with Crippen molar-refractivity contribution in [3.63, 3.8) is 0 Å². The lowest BCUT2D eigenvalue weighted by Gasteiger charge is -2.18. The molecule has 23 heavy (non-hydrogen) atoms. The lowest BCUT2D eigenvalue weighted by Crippen LogP contribution is -2.30. The number of carbonyl (C=O) groups excluding carboxylic acids is 1. The smallest absolute Gasteiger partial charge is 0.265 e. The van der Waals surface area contributed by atoms with E-state index < -0.39 is 6.10 Å².